The first-order chi connectivity index (χ1) is 19.0. The highest BCUT2D eigenvalue weighted by Crippen LogP contribution is 2.19. The molecule has 0 bridgehead atoms. The molecule has 0 radical (unpaired) electrons. The highest BCUT2D eigenvalue weighted by molar-refractivity contribution is 9.10. The van der Waals surface area contributed by atoms with Crippen molar-refractivity contribution in [1.29, 1.82) is 0 Å². The summed E-state index contributed by atoms with van der Waals surface area (Å²) in [5, 5.41) is 0. The normalized spacial score (nSPS) is 13.9. The molecule has 1 aliphatic heterocycles. The number of amides is 2. The van der Waals surface area contributed by atoms with Gasteiger partial charge in [0.15, 0.2) is 0 Å². The molecule has 0 spiro atoms. The number of methoxy groups -OCH3 is 2. The second-order valence-corrected chi connectivity index (χ2v) is 10.2. The van der Waals surface area contributed by atoms with E-state index in [9.17, 15) is 9.59 Å². The molecule has 1 heterocycles. The Hall–Kier alpha value is -3.62. The lowest BCUT2D eigenvalue weighted by molar-refractivity contribution is 0.0609. The highest BCUT2D eigenvalue weighted by Gasteiger charge is 2.23. The Balaban J connectivity index is 1.38. The fourth-order valence-corrected chi connectivity index (χ4v) is 4.78. The minimum atomic E-state index is -0.0358. The number of halogens is 1. The molecular formula is C31H34BrN3O4. The summed E-state index contributed by atoms with van der Waals surface area (Å²) in [6.07, 6.45) is 3.98. The summed E-state index contributed by atoms with van der Waals surface area (Å²) < 4.78 is 11.6. The van der Waals surface area contributed by atoms with Crippen LogP contribution in [0.1, 0.15) is 26.3 Å². The first-order valence-electron chi connectivity index (χ1n) is 13.0. The molecule has 39 heavy (non-hydrogen) atoms. The monoisotopic (exact) mass is 591 g/mol. The van der Waals surface area contributed by atoms with Crippen molar-refractivity contribution in [2.24, 2.45) is 0 Å². The lowest BCUT2D eigenvalue weighted by Gasteiger charge is -2.36. The summed E-state index contributed by atoms with van der Waals surface area (Å²) in [6.45, 7) is 4.62. The highest BCUT2D eigenvalue weighted by atomic mass is 79.9. The van der Waals surface area contributed by atoms with Crippen LogP contribution in [0.3, 0.4) is 0 Å². The van der Waals surface area contributed by atoms with Crippen LogP contribution in [0, 0.1) is 0 Å². The Bertz CT molecular complexity index is 1270. The van der Waals surface area contributed by atoms with Crippen LogP contribution >= 0.6 is 15.9 Å². The van der Waals surface area contributed by atoms with Crippen LogP contribution in [0.4, 0.5) is 0 Å². The standard InChI is InChI=1S/C31H34BrN3O4/c1-38-28-15-11-26(12-16-28)30(36)34(17-5-7-24-6-3-4-8-29(24)39-2)21-18-33-19-22-35(23-20-33)31(37)25-9-13-27(32)14-10-25/h3-16H,17-23H2,1-2H3/b7-5+. The molecule has 7 nitrogen and oxygen atoms in total. The van der Waals surface area contributed by atoms with E-state index in [0.29, 0.717) is 43.1 Å². The summed E-state index contributed by atoms with van der Waals surface area (Å²) in [7, 11) is 3.26. The first kappa shape index (κ1) is 28.4. The largest absolute Gasteiger partial charge is 0.497 e. The van der Waals surface area contributed by atoms with Crippen LogP contribution in [0.25, 0.3) is 6.08 Å². The van der Waals surface area contributed by atoms with Gasteiger partial charge >= 0.3 is 0 Å². The van der Waals surface area contributed by atoms with Gasteiger partial charge in [-0.2, -0.15) is 0 Å². The number of carbonyl (C=O) groups is 2. The number of para-hydroxylation sites is 1. The fourth-order valence-electron chi connectivity index (χ4n) is 4.51. The van der Waals surface area contributed by atoms with E-state index in [2.05, 4.69) is 20.8 Å². The molecular weight excluding hydrogens is 558 g/mol. The van der Waals surface area contributed by atoms with Gasteiger partial charge in [-0.05, 0) is 54.6 Å². The molecule has 1 fully saturated rings. The molecule has 3 aromatic carbocycles. The third-order valence-electron chi connectivity index (χ3n) is 6.82. The summed E-state index contributed by atoms with van der Waals surface area (Å²) >= 11 is 3.42. The zero-order valence-corrected chi connectivity index (χ0v) is 24.0. The predicted octanol–water partition coefficient (Wildman–Crippen LogP) is 5.08. The molecule has 1 saturated heterocycles. The molecule has 4 rings (SSSR count). The summed E-state index contributed by atoms with van der Waals surface area (Å²) in [6, 6.07) is 22.5. The van der Waals surface area contributed by atoms with E-state index in [-0.39, 0.29) is 11.8 Å². The summed E-state index contributed by atoms with van der Waals surface area (Å²) in [5.41, 5.74) is 2.28. The number of piperazine rings is 1. The Morgan fingerprint density at radius 3 is 2.21 bits per heavy atom. The van der Waals surface area contributed by atoms with Gasteiger partial charge in [0.05, 0.1) is 14.2 Å². The Morgan fingerprint density at radius 2 is 1.54 bits per heavy atom. The molecule has 0 saturated carbocycles. The van der Waals surface area contributed by atoms with Crippen LogP contribution in [-0.2, 0) is 0 Å². The Labute approximate surface area is 238 Å². The number of hydrogen-bond donors (Lipinski definition) is 0. The Morgan fingerprint density at radius 1 is 0.872 bits per heavy atom. The Kier molecular flexibility index (Phi) is 10.2. The number of hydrogen-bond acceptors (Lipinski definition) is 5. The third kappa shape index (κ3) is 7.71. The topological polar surface area (TPSA) is 62.3 Å². The van der Waals surface area contributed by atoms with E-state index >= 15 is 0 Å². The van der Waals surface area contributed by atoms with Gasteiger partial charge in [0.1, 0.15) is 11.5 Å². The van der Waals surface area contributed by atoms with E-state index in [1.165, 1.54) is 0 Å². The lowest BCUT2D eigenvalue weighted by Crippen LogP contribution is -2.50. The smallest absolute Gasteiger partial charge is 0.254 e. The number of ether oxygens (including phenoxy) is 2. The van der Waals surface area contributed by atoms with E-state index in [4.69, 9.17) is 9.47 Å². The van der Waals surface area contributed by atoms with Gasteiger partial charge in [-0.3, -0.25) is 14.5 Å². The molecule has 2 amide bonds. The number of nitrogens with zero attached hydrogens (tertiary/aromatic N) is 3. The van der Waals surface area contributed by atoms with Crippen LogP contribution in [-0.4, -0.2) is 86.5 Å². The average molecular weight is 593 g/mol. The molecule has 3 aromatic rings. The van der Waals surface area contributed by atoms with Crippen molar-refractivity contribution < 1.29 is 19.1 Å². The van der Waals surface area contributed by atoms with Crippen molar-refractivity contribution in [1.82, 2.24) is 14.7 Å². The van der Waals surface area contributed by atoms with E-state index in [0.717, 1.165) is 35.4 Å². The van der Waals surface area contributed by atoms with Crippen LogP contribution in [0.5, 0.6) is 11.5 Å². The molecule has 1 aliphatic rings. The van der Waals surface area contributed by atoms with Crippen LogP contribution < -0.4 is 9.47 Å². The average Bonchev–Trinajstić information content (AvgIpc) is 2.99. The maximum absolute atomic E-state index is 13.5. The SMILES string of the molecule is COc1ccc(C(=O)N(C/C=C/c2ccccc2OC)CCN2CCN(C(=O)c3ccc(Br)cc3)CC2)cc1. The molecule has 0 atom stereocenters. The number of carbonyl (C=O) groups excluding carboxylic acids is 2. The fraction of sp³-hybridized carbons (Fsp3) is 0.290. The third-order valence-corrected chi connectivity index (χ3v) is 7.35. The first-order valence-corrected chi connectivity index (χ1v) is 13.8. The van der Waals surface area contributed by atoms with Crippen molar-refractivity contribution in [2.75, 3.05) is 60.0 Å². The number of benzene rings is 3. The molecule has 0 aliphatic carbocycles. The molecule has 8 heteroatoms. The van der Waals surface area contributed by atoms with Crippen molar-refractivity contribution >= 4 is 33.8 Å². The van der Waals surface area contributed by atoms with Gasteiger partial charge in [0, 0.05) is 67.0 Å². The summed E-state index contributed by atoms with van der Waals surface area (Å²) in [4.78, 5) is 32.4. The maximum Gasteiger partial charge on any atom is 0.254 e. The minimum Gasteiger partial charge on any atom is -0.497 e. The second-order valence-electron chi connectivity index (χ2n) is 9.26. The zero-order valence-electron chi connectivity index (χ0n) is 22.4. The molecule has 0 N–H and O–H groups in total. The summed E-state index contributed by atoms with van der Waals surface area (Å²) in [5.74, 6) is 1.52. The van der Waals surface area contributed by atoms with E-state index in [1.54, 1.807) is 38.5 Å². The van der Waals surface area contributed by atoms with Crippen LogP contribution in [0.15, 0.2) is 83.3 Å². The van der Waals surface area contributed by atoms with Gasteiger partial charge in [0.25, 0.3) is 11.8 Å². The predicted molar refractivity (Wildman–Crippen MR) is 157 cm³/mol. The van der Waals surface area contributed by atoms with Crippen molar-refractivity contribution in [3.8, 4) is 11.5 Å². The van der Waals surface area contributed by atoms with E-state index in [1.807, 2.05) is 70.5 Å². The van der Waals surface area contributed by atoms with Gasteiger partial charge < -0.3 is 19.3 Å². The van der Waals surface area contributed by atoms with Gasteiger partial charge in [-0.25, -0.2) is 0 Å². The lowest BCUT2D eigenvalue weighted by atomic mass is 10.1. The van der Waals surface area contributed by atoms with Gasteiger partial charge in [0.2, 0.25) is 0 Å². The molecule has 204 valence electrons. The second kappa shape index (κ2) is 14.0. The van der Waals surface area contributed by atoms with E-state index < -0.39 is 0 Å². The zero-order chi connectivity index (χ0) is 27.6. The van der Waals surface area contributed by atoms with Crippen molar-refractivity contribution in [3.05, 3.63) is 100 Å². The molecule has 0 unspecified atom stereocenters. The van der Waals surface area contributed by atoms with Gasteiger partial charge in [-0.1, -0.05) is 46.3 Å². The van der Waals surface area contributed by atoms with Crippen molar-refractivity contribution in [3.63, 3.8) is 0 Å². The van der Waals surface area contributed by atoms with Crippen molar-refractivity contribution in [2.45, 2.75) is 0 Å². The van der Waals surface area contributed by atoms with Crippen LogP contribution in [0.2, 0.25) is 0 Å². The number of rotatable bonds is 10. The minimum absolute atomic E-state index is 0.0358. The molecule has 0 aromatic heterocycles. The quantitative estimate of drug-likeness (QED) is 0.329. The maximum atomic E-state index is 13.5. The van der Waals surface area contributed by atoms with Gasteiger partial charge in [-0.15, -0.1) is 0 Å².